The first-order valence-electron chi connectivity index (χ1n) is 6.27. The monoisotopic (exact) mass is 330 g/mol. The molecule has 0 saturated carbocycles. The lowest BCUT2D eigenvalue weighted by Crippen LogP contribution is -2.54. The summed E-state index contributed by atoms with van der Waals surface area (Å²) < 4.78 is 77.1. The summed E-state index contributed by atoms with van der Waals surface area (Å²) in [5.41, 5.74) is -0.201. The summed E-state index contributed by atoms with van der Waals surface area (Å²) in [6.07, 6.45) is -11.8. The van der Waals surface area contributed by atoms with Crippen molar-refractivity contribution in [1.29, 1.82) is 0 Å². The van der Waals surface area contributed by atoms with Gasteiger partial charge in [0.2, 0.25) is 0 Å². The average Bonchev–Trinajstić information content (AvgIpc) is 2.33. The van der Waals surface area contributed by atoms with Crippen molar-refractivity contribution in [2.45, 2.75) is 31.8 Å². The van der Waals surface area contributed by atoms with Crippen molar-refractivity contribution < 1.29 is 31.4 Å². The normalized spacial score (nSPS) is 13.4. The topological polar surface area (TPSA) is 58.3 Å². The smallest absolute Gasteiger partial charge is 0.383 e. The first-order chi connectivity index (χ1) is 9.86. The van der Waals surface area contributed by atoms with E-state index >= 15 is 0 Å². The maximum Gasteiger partial charge on any atom is 0.430 e. The van der Waals surface area contributed by atoms with Gasteiger partial charge < -0.3 is 16.2 Å². The first-order valence-corrected chi connectivity index (χ1v) is 6.27. The lowest BCUT2D eigenvalue weighted by atomic mass is 9.89. The van der Waals surface area contributed by atoms with E-state index < -0.39 is 23.5 Å². The standard InChI is InChI=1S/C13H16F6N2O/c1-7-5-9(6-8(2)10(7)21-4-3-20)11(22,12(14,15)16)13(17,18)19/h5-6,21-22H,3-4,20H2,1-2H3. The molecule has 1 aromatic rings. The highest BCUT2D eigenvalue weighted by molar-refractivity contribution is 5.59. The summed E-state index contributed by atoms with van der Waals surface area (Å²) in [4.78, 5) is 0. The molecule has 3 nitrogen and oxygen atoms in total. The average molecular weight is 330 g/mol. The first kappa shape index (κ1) is 18.6. The number of nitrogens with two attached hydrogens (primary N) is 1. The molecular formula is C13H16F6N2O. The maximum absolute atomic E-state index is 12.9. The molecule has 126 valence electrons. The SMILES string of the molecule is Cc1cc(C(O)(C(F)(F)F)C(F)(F)F)cc(C)c1NCCN. The maximum atomic E-state index is 12.9. The highest BCUT2D eigenvalue weighted by Crippen LogP contribution is 2.50. The second kappa shape index (κ2) is 5.96. The van der Waals surface area contributed by atoms with Crippen LogP contribution in [0.3, 0.4) is 0 Å². The van der Waals surface area contributed by atoms with Crippen LogP contribution < -0.4 is 11.1 Å². The van der Waals surface area contributed by atoms with Gasteiger partial charge in [0.1, 0.15) is 0 Å². The van der Waals surface area contributed by atoms with Crippen LogP contribution in [0.15, 0.2) is 12.1 Å². The number of aryl methyl sites for hydroxylation is 2. The summed E-state index contributed by atoms with van der Waals surface area (Å²) in [5, 5.41) is 12.2. The van der Waals surface area contributed by atoms with Gasteiger partial charge in [-0.25, -0.2) is 0 Å². The van der Waals surface area contributed by atoms with Crippen LogP contribution in [0, 0.1) is 13.8 Å². The zero-order valence-corrected chi connectivity index (χ0v) is 11.9. The van der Waals surface area contributed by atoms with E-state index in [-0.39, 0.29) is 17.7 Å². The Morgan fingerprint density at radius 1 is 1.00 bits per heavy atom. The number of aliphatic hydroxyl groups is 1. The van der Waals surface area contributed by atoms with Crippen molar-refractivity contribution in [2.75, 3.05) is 18.4 Å². The summed E-state index contributed by atoms with van der Waals surface area (Å²) in [7, 11) is 0. The third-order valence-electron chi connectivity index (χ3n) is 3.22. The highest BCUT2D eigenvalue weighted by Gasteiger charge is 2.71. The fourth-order valence-corrected chi connectivity index (χ4v) is 2.14. The van der Waals surface area contributed by atoms with Crippen LogP contribution in [0.4, 0.5) is 32.0 Å². The minimum absolute atomic E-state index is 0.148. The van der Waals surface area contributed by atoms with Crippen LogP contribution in [0.25, 0.3) is 0 Å². The number of anilines is 1. The van der Waals surface area contributed by atoms with Gasteiger partial charge in [-0.2, -0.15) is 26.3 Å². The van der Waals surface area contributed by atoms with E-state index in [2.05, 4.69) is 5.32 Å². The van der Waals surface area contributed by atoms with Crippen LogP contribution >= 0.6 is 0 Å². The quantitative estimate of drug-likeness (QED) is 0.744. The predicted molar refractivity (Wildman–Crippen MR) is 69.5 cm³/mol. The lowest BCUT2D eigenvalue weighted by molar-refractivity contribution is -0.376. The molecule has 22 heavy (non-hydrogen) atoms. The van der Waals surface area contributed by atoms with Crippen LogP contribution in [0.5, 0.6) is 0 Å². The van der Waals surface area contributed by atoms with Crippen molar-refractivity contribution in [1.82, 2.24) is 0 Å². The Morgan fingerprint density at radius 2 is 1.41 bits per heavy atom. The second-order valence-electron chi connectivity index (χ2n) is 4.91. The number of nitrogens with one attached hydrogen (secondary N) is 1. The van der Waals surface area contributed by atoms with Crippen LogP contribution in [-0.2, 0) is 5.60 Å². The van der Waals surface area contributed by atoms with Gasteiger partial charge in [-0.3, -0.25) is 0 Å². The molecule has 0 aliphatic rings. The summed E-state index contributed by atoms with van der Waals surface area (Å²) in [6.45, 7) is 3.25. The molecule has 0 bridgehead atoms. The molecule has 9 heteroatoms. The molecule has 0 atom stereocenters. The Labute approximate surface area is 123 Å². The van der Waals surface area contributed by atoms with Gasteiger partial charge in [-0.15, -0.1) is 0 Å². The van der Waals surface area contributed by atoms with E-state index in [1.54, 1.807) is 0 Å². The zero-order valence-electron chi connectivity index (χ0n) is 11.9. The molecule has 0 spiro atoms. The number of benzene rings is 1. The Morgan fingerprint density at radius 3 is 1.73 bits per heavy atom. The lowest BCUT2D eigenvalue weighted by Gasteiger charge is -2.33. The molecule has 1 aromatic carbocycles. The molecule has 0 radical (unpaired) electrons. The van der Waals surface area contributed by atoms with E-state index in [1.165, 1.54) is 13.8 Å². The van der Waals surface area contributed by atoms with Crippen molar-refractivity contribution in [3.63, 3.8) is 0 Å². The molecule has 0 aliphatic carbocycles. The van der Waals surface area contributed by atoms with Gasteiger partial charge in [0.15, 0.2) is 0 Å². The third-order valence-corrected chi connectivity index (χ3v) is 3.22. The summed E-state index contributed by atoms with van der Waals surface area (Å²) >= 11 is 0. The van der Waals surface area contributed by atoms with Crippen molar-refractivity contribution in [3.8, 4) is 0 Å². The Kier molecular flexibility index (Phi) is 5.03. The Balaban J connectivity index is 3.48. The van der Waals surface area contributed by atoms with Crippen LogP contribution in [-0.4, -0.2) is 30.5 Å². The zero-order chi connectivity index (χ0) is 17.3. The van der Waals surface area contributed by atoms with Crippen LogP contribution in [0.1, 0.15) is 16.7 Å². The molecule has 0 heterocycles. The minimum atomic E-state index is -5.89. The summed E-state index contributed by atoms with van der Waals surface area (Å²) in [6, 6.07) is 1.35. The summed E-state index contributed by atoms with van der Waals surface area (Å²) in [5.74, 6) is 0. The van der Waals surface area contributed by atoms with Gasteiger partial charge >= 0.3 is 12.4 Å². The number of halogens is 6. The number of rotatable bonds is 4. The molecule has 0 fully saturated rings. The Hall–Kier alpha value is -1.48. The van der Waals surface area contributed by atoms with Gasteiger partial charge in [-0.1, -0.05) is 12.1 Å². The molecule has 0 unspecified atom stereocenters. The van der Waals surface area contributed by atoms with E-state index in [9.17, 15) is 31.4 Å². The van der Waals surface area contributed by atoms with Gasteiger partial charge in [-0.05, 0) is 25.0 Å². The van der Waals surface area contributed by atoms with E-state index in [0.717, 1.165) is 0 Å². The van der Waals surface area contributed by atoms with E-state index in [4.69, 9.17) is 5.73 Å². The number of alkyl halides is 6. The Bertz CT molecular complexity index is 501. The highest BCUT2D eigenvalue weighted by atomic mass is 19.4. The van der Waals surface area contributed by atoms with Crippen molar-refractivity contribution >= 4 is 5.69 Å². The number of hydrogen-bond donors (Lipinski definition) is 3. The van der Waals surface area contributed by atoms with Crippen molar-refractivity contribution in [2.24, 2.45) is 5.73 Å². The molecule has 0 aliphatic heterocycles. The molecular weight excluding hydrogens is 314 g/mol. The van der Waals surface area contributed by atoms with Gasteiger partial charge in [0.25, 0.3) is 5.60 Å². The van der Waals surface area contributed by atoms with Crippen LogP contribution in [0.2, 0.25) is 0 Å². The van der Waals surface area contributed by atoms with E-state index in [0.29, 0.717) is 24.4 Å². The van der Waals surface area contributed by atoms with Crippen molar-refractivity contribution in [3.05, 3.63) is 28.8 Å². The van der Waals surface area contributed by atoms with E-state index in [1.807, 2.05) is 0 Å². The fraction of sp³-hybridized carbons (Fsp3) is 0.538. The minimum Gasteiger partial charge on any atom is -0.383 e. The fourth-order valence-electron chi connectivity index (χ4n) is 2.14. The third kappa shape index (κ3) is 3.14. The second-order valence-corrected chi connectivity index (χ2v) is 4.91. The molecule has 1 rings (SSSR count). The molecule has 4 N–H and O–H groups in total. The largest absolute Gasteiger partial charge is 0.430 e. The number of hydrogen-bond acceptors (Lipinski definition) is 3. The predicted octanol–water partition coefficient (Wildman–Crippen LogP) is 2.99. The molecule has 0 saturated heterocycles. The van der Waals surface area contributed by atoms with Gasteiger partial charge in [0.05, 0.1) is 0 Å². The van der Waals surface area contributed by atoms with Gasteiger partial charge in [0, 0.05) is 24.3 Å². The molecule has 0 amide bonds. The molecule has 0 aromatic heterocycles.